The van der Waals surface area contributed by atoms with E-state index in [4.69, 9.17) is 21.1 Å². The molecule has 7 nitrogen and oxygen atoms in total. The number of anilines is 1. The summed E-state index contributed by atoms with van der Waals surface area (Å²) in [5.74, 6) is -0.767. The van der Waals surface area contributed by atoms with E-state index in [9.17, 15) is 19.3 Å². The highest BCUT2D eigenvalue weighted by molar-refractivity contribution is 6.32. The molecular weight excluding hydrogens is 343 g/mol. The van der Waals surface area contributed by atoms with Gasteiger partial charge in [0.25, 0.3) is 11.6 Å². The molecular formula is C15H12ClFN2O5. The monoisotopic (exact) mass is 354 g/mol. The molecule has 0 aliphatic rings. The summed E-state index contributed by atoms with van der Waals surface area (Å²) in [5, 5.41) is 13.3. The second kappa shape index (κ2) is 7.60. The van der Waals surface area contributed by atoms with E-state index in [-0.39, 0.29) is 34.5 Å². The maximum atomic E-state index is 12.9. The number of nitro benzene ring substituents is 1. The molecule has 9 heteroatoms. The maximum Gasteiger partial charge on any atom is 0.273 e. The smallest absolute Gasteiger partial charge is 0.273 e. The number of carbonyl (C=O) groups excluding carboxylic acids is 1. The second-order valence-electron chi connectivity index (χ2n) is 4.55. The van der Waals surface area contributed by atoms with E-state index < -0.39 is 16.6 Å². The minimum absolute atomic E-state index is 0.0377. The van der Waals surface area contributed by atoms with Gasteiger partial charge in [-0.3, -0.25) is 14.9 Å². The van der Waals surface area contributed by atoms with Gasteiger partial charge >= 0.3 is 0 Å². The lowest BCUT2D eigenvalue weighted by Crippen LogP contribution is -2.20. The summed E-state index contributed by atoms with van der Waals surface area (Å²) in [6.07, 6.45) is 0. The number of hydrogen-bond donors (Lipinski definition) is 1. The zero-order chi connectivity index (χ0) is 17.7. The number of non-ortho nitro benzene ring substituents is 1. The van der Waals surface area contributed by atoms with E-state index in [1.165, 1.54) is 31.4 Å². The number of halogens is 2. The Balaban J connectivity index is 2.03. The minimum atomic E-state index is -0.576. The molecule has 0 bridgehead atoms. The van der Waals surface area contributed by atoms with Crippen LogP contribution in [0.4, 0.5) is 15.8 Å². The first kappa shape index (κ1) is 17.5. The SMILES string of the molecule is COc1cc([N+](=O)[O-])ccc1NC(=O)COc1ccc(F)cc1Cl. The topological polar surface area (TPSA) is 90.7 Å². The van der Waals surface area contributed by atoms with Gasteiger partial charge < -0.3 is 14.8 Å². The van der Waals surface area contributed by atoms with Crippen LogP contribution in [0.1, 0.15) is 0 Å². The number of nitro groups is 1. The highest BCUT2D eigenvalue weighted by Gasteiger charge is 2.14. The Morgan fingerprint density at radius 1 is 1.29 bits per heavy atom. The first-order chi connectivity index (χ1) is 11.4. The van der Waals surface area contributed by atoms with E-state index in [1.807, 2.05) is 0 Å². The molecule has 0 heterocycles. The van der Waals surface area contributed by atoms with Crippen LogP contribution in [-0.4, -0.2) is 24.5 Å². The van der Waals surface area contributed by atoms with Crippen molar-refractivity contribution in [2.24, 2.45) is 0 Å². The Kier molecular flexibility index (Phi) is 5.54. The van der Waals surface area contributed by atoms with Crippen molar-refractivity contribution in [1.82, 2.24) is 0 Å². The summed E-state index contributed by atoms with van der Waals surface area (Å²) >= 11 is 5.79. The van der Waals surface area contributed by atoms with Crippen molar-refractivity contribution in [3.05, 3.63) is 57.4 Å². The molecule has 24 heavy (non-hydrogen) atoms. The first-order valence-corrected chi connectivity index (χ1v) is 6.98. The van der Waals surface area contributed by atoms with E-state index in [2.05, 4.69) is 5.32 Å². The predicted octanol–water partition coefficient (Wildman–Crippen LogP) is 3.41. The van der Waals surface area contributed by atoms with Crippen molar-refractivity contribution in [2.45, 2.75) is 0 Å². The van der Waals surface area contributed by atoms with Gasteiger partial charge in [0.05, 0.1) is 28.8 Å². The molecule has 0 aliphatic carbocycles. The highest BCUT2D eigenvalue weighted by atomic mass is 35.5. The lowest BCUT2D eigenvalue weighted by molar-refractivity contribution is -0.384. The van der Waals surface area contributed by atoms with E-state index in [0.717, 1.165) is 12.1 Å². The van der Waals surface area contributed by atoms with Gasteiger partial charge in [-0.1, -0.05) is 11.6 Å². The summed E-state index contributed by atoms with van der Waals surface area (Å²) in [7, 11) is 1.32. The number of methoxy groups -OCH3 is 1. The Hall–Kier alpha value is -2.87. The van der Waals surface area contributed by atoms with Gasteiger partial charge in [-0.15, -0.1) is 0 Å². The number of carbonyl (C=O) groups is 1. The van der Waals surface area contributed by atoms with Crippen LogP contribution in [-0.2, 0) is 4.79 Å². The lowest BCUT2D eigenvalue weighted by Gasteiger charge is -2.11. The Morgan fingerprint density at radius 3 is 2.67 bits per heavy atom. The first-order valence-electron chi connectivity index (χ1n) is 6.61. The molecule has 126 valence electrons. The quantitative estimate of drug-likeness (QED) is 0.634. The fourth-order valence-electron chi connectivity index (χ4n) is 1.82. The van der Waals surface area contributed by atoms with Gasteiger partial charge in [-0.25, -0.2) is 4.39 Å². The maximum absolute atomic E-state index is 12.9. The fourth-order valence-corrected chi connectivity index (χ4v) is 2.04. The van der Waals surface area contributed by atoms with Crippen LogP contribution in [0.25, 0.3) is 0 Å². The van der Waals surface area contributed by atoms with Crippen molar-refractivity contribution >= 4 is 28.9 Å². The molecule has 1 N–H and O–H groups in total. The third-order valence-corrected chi connectivity index (χ3v) is 3.22. The average Bonchev–Trinajstić information content (AvgIpc) is 2.54. The standard InChI is InChI=1S/C15H12ClFN2O5/c1-23-14-7-10(19(21)22)3-4-12(14)18-15(20)8-24-13-5-2-9(17)6-11(13)16/h2-7H,8H2,1H3,(H,18,20). The fraction of sp³-hybridized carbons (Fsp3) is 0.133. The minimum Gasteiger partial charge on any atom is -0.494 e. The number of nitrogens with zero attached hydrogens (tertiary/aromatic N) is 1. The molecule has 0 saturated heterocycles. The van der Waals surface area contributed by atoms with Crippen LogP contribution >= 0.6 is 11.6 Å². The molecule has 1 amide bonds. The van der Waals surface area contributed by atoms with Gasteiger partial charge in [-0.2, -0.15) is 0 Å². The van der Waals surface area contributed by atoms with Crippen LogP contribution in [0.3, 0.4) is 0 Å². The highest BCUT2D eigenvalue weighted by Crippen LogP contribution is 2.29. The van der Waals surface area contributed by atoms with Gasteiger partial charge in [0, 0.05) is 6.07 Å². The normalized spacial score (nSPS) is 10.1. The Labute approximate surface area is 141 Å². The van der Waals surface area contributed by atoms with E-state index in [1.54, 1.807) is 0 Å². The van der Waals surface area contributed by atoms with Crippen molar-refractivity contribution in [1.29, 1.82) is 0 Å². The van der Waals surface area contributed by atoms with Crippen LogP contribution in [0.2, 0.25) is 5.02 Å². The molecule has 2 rings (SSSR count). The molecule has 0 aliphatic heterocycles. The van der Waals surface area contributed by atoms with Crippen molar-refractivity contribution < 1.29 is 23.6 Å². The summed E-state index contributed by atoms with van der Waals surface area (Å²) in [4.78, 5) is 22.1. The summed E-state index contributed by atoms with van der Waals surface area (Å²) in [6.45, 7) is -0.383. The number of rotatable bonds is 6. The molecule has 0 aromatic heterocycles. The van der Waals surface area contributed by atoms with Crippen molar-refractivity contribution in [3.63, 3.8) is 0 Å². The lowest BCUT2D eigenvalue weighted by atomic mass is 10.2. The predicted molar refractivity (Wildman–Crippen MR) is 85.2 cm³/mol. The van der Waals surface area contributed by atoms with Crippen LogP contribution in [0, 0.1) is 15.9 Å². The van der Waals surface area contributed by atoms with Crippen molar-refractivity contribution in [3.8, 4) is 11.5 Å². The summed E-state index contributed by atoms with van der Waals surface area (Å²) < 4.78 is 23.1. The zero-order valence-corrected chi connectivity index (χ0v) is 13.2. The van der Waals surface area contributed by atoms with Crippen LogP contribution in [0.15, 0.2) is 36.4 Å². The number of ether oxygens (including phenoxy) is 2. The molecule has 0 fully saturated rings. The van der Waals surface area contributed by atoms with Crippen molar-refractivity contribution in [2.75, 3.05) is 19.0 Å². The summed E-state index contributed by atoms with van der Waals surface area (Å²) in [5.41, 5.74) is 0.0843. The number of hydrogen-bond acceptors (Lipinski definition) is 5. The summed E-state index contributed by atoms with van der Waals surface area (Å²) in [6, 6.07) is 7.28. The third-order valence-electron chi connectivity index (χ3n) is 2.92. The second-order valence-corrected chi connectivity index (χ2v) is 4.96. The third kappa shape index (κ3) is 4.32. The van der Waals surface area contributed by atoms with Gasteiger partial charge in [0.2, 0.25) is 0 Å². The molecule has 0 spiro atoms. The number of amides is 1. The Morgan fingerprint density at radius 2 is 2.04 bits per heavy atom. The van der Waals surface area contributed by atoms with Crippen LogP contribution in [0.5, 0.6) is 11.5 Å². The molecule has 0 radical (unpaired) electrons. The van der Waals surface area contributed by atoms with E-state index in [0.29, 0.717) is 0 Å². The van der Waals surface area contributed by atoms with Crippen LogP contribution < -0.4 is 14.8 Å². The molecule has 0 unspecified atom stereocenters. The largest absolute Gasteiger partial charge is 0.494 e. The van der Waals surface area contributed by atoms with Gasteiger partial charge in [-0.05, 0) is 24.3 Å². The molecule has 2 aromatic carbocycles. The number of nitrogens with one attached hydrogen (secondary N) is 1. The van der Waals surface area contributed by atoms with E-state index >= 15 is 0 Å². The Bertz CT molecular complexity index is 784. The average molecular weight is 355 g/mol. The van der Waals surface area contributed by atoms with Gasteiger partial charge in [0.1, 0.15) is 17.3 Å². The molecule has 2 aromatic rings. The molecule has 0 saturated carbocycles. The molecule has 0 atom stereocenters. The van der Waals surface area contributed by atoms with Gasteiger partial charge in [0.15, 0.2) is 6.61 Å². The number of benzene rings is 2. The zero-order valence-electron chi connectivity index (χ0n) is 12.4.